The summed E-state index contributed by atoms with van der Waals surface area (Å²) in [6.45, 7) is 1.18. The number of benzene rings is 1. The van der Waals surface area contributed by atoms with Crippen LogP contribution in [0, 0.1) is 17.0 Å². The molecule has 0 unspecified atom stereocenters. The van der Waals surface area contributed by atoms with Crippen LogP contribution in [0.25, 0.3) is 12.2 Å². The molecule has 0 bridgehead atoms. The highest BCUT2D eigenvalue weighted by molar-refractivity contribution is 5.76. The highest BCUT2D eigenvalue weighted by atomic mass is 16.6. The van der Waals surface area contributed by atoms with Gasteiger partial charge in [0.1, 0.15) is 0 Å². The summed E-state index contributed by atoms with van der Waals surface area (Å²) in [6, 6.07) is 5.06. The van der Waals surface area contributed by atoms with E-state index in [0.717, 1.165) is 0 Å². The maximum atomic E-state index is 11.3. The molecule has 132 valence electrons. The molecule has 0 aliphatic heterocycles. The summed E-state index contributed by atoms with van der Waals surface area (Å²) in [5, 5.41) is 14.7. The van der Waals surface area contributed by atoms with E-state index in [0.29, 0.717) is 17.1 Å². The van der Waals surface area contributed by atoms with Gasteiger partial charge in [0.15, 0.2) is 23.8 Å². The van der Waals surface area contributed by atoms with E-state index in [1.807, 2.05) is 0 Å². The molecule has 25 heavy (non-hydrogen) atoms. The van der Waals surface area contributed by atoms with Crippen LogP contribution in [0.2, 0.25) is 0 Å². The molecule has 0 saturated heterocycles. The maximum absolute atomic E-state index is 11.3. The predicted octanol–water partition coefficient (Wildman–Crippen LogP) is 2.62. The number of nitrogens with zero attached hydrogens (tertiary/aromatic N) is 2. The highest BCUT2D eigenvalue weighted by Gasteiger charge is 2.22. The monoisotopic (exact) mass is 348 g/mol. The van der Waals surface area contributed by atoms with Crippen molar-refractivity contribution < 1.29 is 28.5 Å². The van der Waals surface area contributed by atoms with E-state index >= 15 is 0 Å². The van der Waals surface area contributed by atoms with Gasteiger partial charge in [-0.2, -0.15) is 0 Å². The Morgan fingerprint density at radius 1 is 1.36 bits per heavy atom. The number of aryl methyl sites for hydroxylation is 1. The van der Waals surface area contributed by atoms with Crippen LogP contribution in [-0.2, 0) is 9.53 Å². The SMILES string of the molecule is COC(=O)COc1c(C=Cc2onc(C)c2[N+](=O)[O-])cccc1OC. The molecule has 0 radical (unpaired) electrons. The van der Waals surface area contributed by atoms with Crippen LogP contribution in [0.5, 0.6) is 11.5 Å². The minimum Gasteiger partial charge on any atom is -0.493 e. The molecule has 0 amide bonds. The Balaban J connectivity index is 2.36. The number of methoxy groups -OCH3 is 2. The summed E-state index contributed by atoms with van der Waals surface area (Å²) in [6.07, 6.45) is 2.94. The second-order valence-electron chi connectivity index (χ2n) is 4.81. The molecule has 0 atom stereocenters. The van der Waals surface area contributed by atoms with Crippen molar-refractivity contribution in [3.63, 3.8) is 0 Å². The summed E-state index contributed by atoms with van der Waals surface area (Å²) in [4.78, 5) is 21.8. The van der Waals surface area contributed by atoms with Crippen molar-refractivity contribution in [3.05, 3.63) is 45.3 Å². The Hall–Kier alpha value is -3.36. The molecular weight excluding hydrogens is 332 g/mol. The predicted molar refractivity (Wildman–Crippen MR) is 87.3 cm³/mol. The lowest BCUT2D eigenvalue weighted by Crippen LogP contribution is -2.13. The third-order valence-electron chi connectivity index (χ3n) is 3.25. The molecule has 0 aliphatic rings. The summed E-state index contributed by atoms with van der Waals surface area (Å²) in [5.74, 6) is 0.145. The fourth-order valence-corrected chi connectivity index (χ4v) is 2.05. The van der Waals surface area contributed by atoms with E-state index in [9.17, 15) is 14.9 Å². The number of rotatable bonds is 7. The van der Waals surface area contributed by atoms with Gasteiger partial charge in [0.05, 0.1) is 19.1 Å². The molecule has 2 aromatic rings. The van der Waals surface area contributed by atoms with Crippen LogP contribution in [0.1, 0.15) is 17.0 Å². The van der Waals surface area contributed by atoms with Gasteiger partial charge in [0, 0.05) is 5.56 Å². The lowest BCUT2D eigenvalue weighted by Gasteiger charge is -2.12. The van der Waals surface area contributed by atoms with Crippen LogP contribution >= 0.6 is 0 Å². The first-order chi connectivity index (χ1) is 12.0. The van der Waals surface area contributed by atoms with E-state index in [4.69, 9.17) is 14.0 Å². The number of carbonyl (C=O) groups excluding carboxylic acids is 1. The number of aromatic nitrogens is 1. The number of para-hydroxylation sites is 1. The van der Waals surface area contributed by atoms with Crippen LogP contribution in [-0.4, -0.2) is 36.9 Å². The molecule has 9 heteroatoms. The van der Waals surface area contributed by atoms with Gasteiger partial charge >= 0.3 is 11.7 Å². The van der Waals surface area contributed by atoms with Crippen molar-refractivity contribution in [2.75, 3.05) is 20.8 Å². The second kappa shape index (κ2) is 7.95. The molecule has 1 aromatic heterocycles. The van der Waals surface area contributed by atoms with Gasteiger partial charge in [0.2, 0.25) is 5.76 Å². The van der Waals surface area contributed by atoms with Gasteiger partial charge in [-0.15, -0.1) is 0 Å². The van der Waals surface area contributed by atoms with Crippen molar-refractivity contribution >= 4 is 23.8 Å². The van der Waals surface area contributed by atoms with Crippen molar-refractivity contribution in [1.82, 2.24) is 5.16 Å². The van der Waals surface area contributed by atoms with Gasteiger partial charge in [-0.3, -0.25) is 10.1 Å². The molecular formula is C16H16N2O7. The van der Waals surface area contributed by atoms with E-state index in [1.165, 1.54) is 27.2 Å². The summed E-state index contributed by atoms with van der Waals surface area (Å²) >= 11 is 0. The number of hydrogen-bond donors (Lipinski definition) is 0. The maximum Gasteiger partial charge on any atom is 0.343 e. The van der Waals surface area contributed by atoms with Crippen molar-refractivity contribution in [1.29, 1.82) is 0 Å². The fourth-order valence-electron chi connectivity index (χ4n) is 2.05. The first-order valence-corrected chi connectivity index (χ1v) is 7.13. The Morgan fingerprint density at radius 2 is 2.12 bits per heavy atom. The van der Waals surface area contributed by atoms with Gasteiger partial charge in [0.25, 0.3) is 0 Å². The zero-order chi connectivity index (χ0) is 18.4. The van der Waals surface area contributed by atoms with Crippen LogP contribution in [0.15, 0.2) is 22.7 Å². The molecule has 0 N–H and O–H groups in total. The molecule has 9 nitrogen and oxygen atoms in total. The van der Waals surface area contributed by atoms with E-state index in [1.54, 1.807) is 24.3 Å². The normalized spacial score (nSPS) is 10.7. The van der Waals surface area contributed by atoms with Crippen molar-refractivity contribution in [3.8, 4) is 11.5 Å². The Labute approximate surface area is 142 Å². The summed E-state index contributed by atoms with van der Waals surface area (Å²) < 4.78 is 20.2. The fraction of sp³-hybridized carbons (Fsp3) is 0.250. The molecule has 0 fully saturated rings. The number of carbonyl (C=O) groups is 1. The average molecular weight is 348 g/mol. The Kier molecular flexibility index (Phi) is 5.72. The molecule has 1 heterocycles. The number of hydrogen-bond acceptors (Lipinski definition) is 8. The Morgan fingerprint density at radius 3 is 2.76 bits per heavy atom. The first kappa shape index (κ1) is 18.0. The smallest absolute Gasteiger partial charge is 0.343 e. The van der Waals surface area contributed by atoms with Crippen LogP contribution < -0.4 is 9.47 Å². The standard InChI is InChI=1S/C16H16N2O7/c1-10-15(18(20)21)12(25-17-10)8-7-11-5-4-6-13(22-2)16(11)24-9-14(19)23-3/h4-8H,9H2,1-3H3. The van der Waals surface area contributed by atoms with Crippen LogP contribution in [0.3, 0.4) is 0 Å². The quantitative estimate of drug-likeness (QED) is 0.426. The Bertz CT molecular complexity index is 811. The van der Waals surface area contributed by atoms with Gasteiger partial charge in [-0.1, -0.05) is 17.3 Å². The largest absolute Gasteiger partial charge is 0.493 e. The second-order valence-corrected chi connectivity index (χ2v) is 4.81. The third kappa shape index (κ3) is 4.14. The molecule has 0 spiro atoms. The summed E-state index contributed by atoms with van der Waals surface area (Å²) in [5.41, 5.74) is 0.500. The van der Waals surface area contributed by atoms with Crippen LogP contribution in [0.4, 0.5) is 5.69 Å². The third-order valence-corrected chi connectivity index (χ3v) is 3.25. The van der Waals surface area contributed by atoms with Crippen molar-refractivity contribution in [2.24, 2.45) is 0 Å². The number of esters is 1. The minimum atomic E-state index is -0.564. The van der Waals surface area contributed by atoms with E-state index in [-0.39, 0.29) is 23.7 Å². The zero-order valence-electron chi connectivity index (χ0n) is 13.8. The first-order valence-electron chi connectivity index (χ1n) is 7.13. The topological polar surface area (TPSA) is 114 Å². The highest BCUT2D eigenvalue weighted by Crippen LogP contribution is 2.33. The zero-order valence-corrected chi connectivity index (χ0v) is 13.8. The summed E-state index contributed by atoms with van der Waals surface area (Å²) in [7, 11) is 2.71. The van der Waals surface area contributed by atoms with Gasteiger partial charge in [-0.05, 0) is 25.1 Å². The van der Waals surface area contributed by atoms with Crippen molar-refractivity contribution in [2.45, 2.75) is 6.92 Å². The lowest BCUT2D eigenvalue weighted by atomic mass is 10.1. The molecule has 0 saturated carbocycles. The van der Waals surface area contributed by atoms with E-state index in [2.05, 4.69) is 9.89 Å². The number of ether oxygens (including phenoxy) is 3. The molecule has 2 rings (SSSR count). The number of nitro groups is 1. The molecule has 0 aliphatic carbocycles. The van der Waals surface area contributed by atoms with E-state index < -0.39 is 10.9 Å². The van der Waals surface area contributed by atoms with Gasteiger partial charge < -0.3 is 18.7 Å². The molecule has 1 aromatic carbocycles. The van der Waals surface area contributed by atoms with Gasteiger partial charge in [-0.25, -0.2) is 4.79 Å². The average Bonchev–Trinajstić information content (AvgIpc) is 2.98. The lowest BCUT2D eigenvalue weighted by molar-refractivity contribution is -0.386. The minimum absolute atomic E-state index is 0.00392.